The van der Waals surface area contributed by atoms with Crippen molar-refractivity contribution in [2.45, 2.75) is 64.0 Å². The van der Waals surface area contributed by atoms with E-state index in [1.54, 1.807) is 0 Å². The molecule has 2 aromatic rings. The molecule has 0 radical (unpaired) electrons. The molecule has 2 N–H and O–H groups in total. The minimum Gasteiger partial charge on any atom is -0.469 e. The van der Waals surface area contributed by atoms with Gasteiger partial charge in [-0.2, -0.15) is 0 Å². The number of carbonyl (C=O) groups is 3. The summed E-state index contributed by atoms with van der Waals surface area (Å²) in [6.07, 6.45) is 5.41. The summed E-state index contributed by atoms with van der Waals surface area (Å²) in [6, 6.07) is 8.97. The fourth-order valence-corrected chi connectivity index (χ4v) is 4.42. The van der Waals surface area contributed by atoms with Crippen LogP contribution in [0, 0.1) is 5.92 Å². The highest BCUT2D eigenvalue weighted by molar-refractivity contribution is 6.00. The number of methoxy groups -OCH3 is 1. The zero-order valence-electron chi connectivity index (χ0n) is 18.6. The first-order valence-corrected chi connectivity index (χ1v) is 11.2. The predicted octanol–water partition coefficient (Wildman–Crippen LogP) is 3.31. The van der Waals surface area contributed by atoms with Crippen LogP contribution >= 0.6 is 0 Å². The number of aromatic nitrogens is 1. The van der Waals surface area contributed by atoms with Crippen LogP contribution in [-0.2, 0) is 21.4 Å². The molecule has 3 atom stereocenters. The molecular formula is C24H33N3O4. The predicted molar refractivity (Wildman–Crippen MR) is 120 cm³/mol. The molecule has 0 saturated heterocycles. The topological polar surface area (TPSA) is 89.4 Å². The maximum Gasteiger partial charge on any atom is 0.308 e. The number of unbranched alkanes of at least 4 members (excludes halogenated alkanes) is 1. The van der Waals surface area contributed by atoms with Crippen LogP contribution in [0.1, 0.15) is 62.4 Å². The third-order valence-corrected chi connectivity index (χ3v) is 6.21. The molecule has 168 valence electrons. The maximum atomic E-state index is 13.0. The van der Waals surface area contributed by atoms with E-state index in [1.165, 1.54) is 7.11 Å². The van der Waals surface area contributed by atoms with Crippen LogP contribution in [0.3, 0.4) is 0 Å². The number of rotatable bonds is 8. The molecule has 2 unspecified atom stereocenters. The van der Waals surface area contributed by atoms with Gasteiger partial charge in [0.25, 0.3) is 5.91 Å². The van der Waals surface area contributed by atoms with E-state index in [0.29, 0.717) is 18.5 Å². The lowest BCUT2D eigenvalue weighted by Gasteiger charge is -2.29. The Morgan fingerprint density at radius 3 is 2.71 bits per heavy atom. The summed E-state index contributed by atoms with van der Waals surface area (Å²) in [5, 5.41) is 6.99. The number of nitrogens with one attached hydrogen (secondary N) is 2. The number of amides is 2. The number of nitrogens with zero attached hydrogens (tertiary/aromatic N) is 1. The molecule has 1 aliphatic rings. The van der Waals surface area contributed by atoms with Crippen molar-refractivity contribution in [3.63, 3.8) is 0 Å². The maximum absolute atomic E-state index is 13.0. The second-order valence-electron chi connectivity index (χ2n) is 8.41. The van der Waals surface area contributed by atoms with Gasteiger partial charge in [0.2, 0.25) is 5.91 Å². The molecule has 1 fully saturated rings. The van der Waals surface area contributed by atoms with Gasteiger partial charge < -0.3 is 19.9 Å². The summed E-state index contributed by atoms with van der Waals surface area (Å²) in [7, 11) is 3.25. The van der Waals surface area contributed by atoms with Crippen LogP contribution in [0.25, 0.3) is 10.9 Å². The number of benzene rings is 1. The Kier molecular flexibility index (Phi) is 7.71. The Hall–Kier alpha value is -2.83. The summed E-state index contributed by atoms with van der Waals surface area (Å²) in [4.78, 5) is 37.9. The second-order valence-corrected chi connectivity index (χ2v) is 8.41. The molecule has 2 amide bonds. The highest BCUT2D eigenvalue weighted by Gasteiger charge is 2.31. The molecule has 7 heteroatoms. The lowest BCUT2D eigenvalue weighted by atomic mass is 9.85. The molecule has 1 heterocycles. The number of hydrogen-bond donors (Lipinski definition) is 2. The van der Waals surface area contributed by atoms with Crippen LogP contribution in [0.15, 0.2) is 30.3 Å². The number of carbonyl (C=O) groups excluding carboxylic acids is 3. The van der Waals surface area contributed by atoms with E-state index < -0.39 is 6.04 Å². The van der Waals surface area contributed by atoms with Gasteiger partial charge in [-0.25, -0.2) is 0 Å². The Bertz CT molecular complexity index is 936. The summed E-state index contributed by atoms with van der Waals surface area (Å²) < 4.78 is 6.72. The van der Waals surface area contributed by atoms with Crippen molar-refractivity contribution in [1.82, 2.24) is 15.2 Å². The highest BCUT2D eigenvalue weighted by atomic mass is 16.5. The van der Waals surface area contributed by atoms with Crippen molar-refractivity contribution in [3.8, 4) is 0 Å². The van der Waals surface area contributed by atoms with Crippen molar-refractivity contribution in [1.29, 1.82) is 0 Å². The van der Waals surface area contributed by atoms with Crippen LogP contribution in [0.5, 0.6) is 0 Å². The first-order chi connectivity index (χ1) is 14.9. The molecule has 7 nitrogen and oxygen atoms in total. The molecule has 0 spiro atoms. The third-order valence-electron chi connectivity index (χ3n) is 6.21. The van der Waals surface area contributed by atoms with Crippen molar-refractivity contribution in [2.24, 2.45) is 13.0 Å². The van der Waals surface area contributed by atoms with E-state index in [9.17, 15) is 14.4 Å². The first kappa shape index (κ1) is 22.8. The van der Waals surface area contributed by atoms with Gasteiger partial charge in [-0.3, -0.25) is 14.4 Å². The van der Waals surface area contributed by atoms with Crippen LogP contribution < -0.4 is 10.6 Å². The number of aryl methyl sites for hydroxylation is 1. The average Bonchev–Trinajstić information content (AvgIpc) is 3.12. The zero-order chi connectivity index (χ0) is 22.4. The van der Waals surface area contributed by atoms with Gasteiger partial charge in [0.05, 0.1) is 13.0 Å². The molecule has 31 heavy (non-hydrogen) atoms. The Morgan fingerprint density at radius 1 is 1.23 bits per heavy atom. The number of para-hydroxylation sites is 1. The summed E-state index contributed by atoms with van der Waals surface area (Å²) in [5.41, 5.74) is 1.50. The number of fused-ring (bicyclic) bond motifs is 1. The second kappa shape index (κ2) is 10.5. The quantitative estimate of drug-likeness (QED) is 0.633. The summed E-state index contributed by atoms with van der Waals surface area (Å²) in [6.45, 7) is 2.06. The average molecular weight is 428 g/mol. The van der Waals surface area contributed by atoms with Crippen molar-refractivity contribution < 1.29 is 19.1 Å². The molecule has 1 saturated carbocycles. The van der Waals surface area contributed by atoms with Crippen LogP contribution in [-0.4, -0.2) is 41.5 Å². The number of esters is 1. The van der Waals surface area contributed by atoms with Gasteiger partial charge in [-0.1, -0.05) is 44.4 Å². The fourth-order valence-electron chi connectivity index (χ4n) is 4.42. The Balaban J connectivity index is 1.68. The van der Waals surface area contributed by atoms with E-state index in [-0.39, 0.29) is 29.7 Å². The van der Waals surface area contributed by atoms with Gasteiger partial charge >= 0.3 is 5.97 Å². The molecule has 1 aromatic carbocycles. The third kappa shape index (κ3) is 5.46. The van der Waals surface area contributed by atoms with Gasteiger partial charge in [0.15, 0.2) is 0 Å². The molecule has 0 bridgehead atoms. The van der Waals surface area contributed by atoms with Crippen molar-refractivity contribution in [2.75, 3.05) is 7.11 Å². The first-order valence-electron chi connectivity index (χ1n) is 11.2. The van der Waals surface area contributed by atoms with E-state index in [4.69, 9.17) is 4.74 Å². The molecule has 0 aliphatic heterocycles. The largest absolute Gasteiger partial charge is 0.469 e. The molecule has 1 aliphatic carbocycles. The van der Waals surface area contributed by atoms with E-state index >= 15 is 0 Å². The lowest BCUT2D eigenvalue weighted by molar-refractivity contribution is -0.147. The molecule has 3 rings (SSSR count). The van der Waals surface area contributed by atoms with Crippen molar-refractivity contribution >= 4 is 28.7 Å². The van der Waals surface area contributed by atoms with Gasteiger partial charge in [-0.05, 0) is 37.8 Å². The number of hydrogen-bond acceptors (Lipinski definition) is 4. The Morgan fingerprint density at radius 2 is 2.00 bits per heavy atom. The minimum atomic E-state index is -0.607. The van der Waals surface area contributed by atoms with Gasteiger partial charge in [0, 0.05) is 24.0 Å². The Labute approximate surface area is 183 Å². The van der Waals surface area contributed by atoms with E-state index in [2.05, 4.69) is 17.6 Å². The SMILES string of the molecule is CCCC[C@H](NC(=O)c1cc2ccccc2n1C)C(=O)NC1CCCC(C(=O)OC)C1. The normalized spacial score (nSPS) is 19.6. The number of ether oxygens (including phenoxy) is 1. The van der Waals surface area contributed by atoms with Crippen LogP contribution in [0.4, 0.5) is 0 Å². The van der Waals surface area contributed by atoms with Crippen LogP contribution in [0.2, 0.25) is 0 Å². The zero-order valence-corrected chi connectivity index (χ0v) is 18.6. The standard InChI is InChI=1S/C24H33N3O4/c1-4-5-12-19(22(28)25-18-11-8-10-17(14-18)24(30)31-3)26-23(29)21-15-16-9-6-7-13-20(16)27(21)2/h6-7,9,13,15,17-19H,4-5,8,10-12,14H2,1-3H3,(H,25,28)(H,26,29)/t17?,18?,19-/m0/s1. The van der Waals surface area contributed by atoms with Crippen molar-refractivity contribution in [3.05, 3.63) is 36.0 Å². The van der Waals surface area contributed by atoms with E-state index in [0.717, 1.165) is 43.0 Å². The highest BCUT2D eigenvalue weighted by Crippen LogP contribution is 2.25. The van der Waals surface area contributed by atoms with Gasteiger partial charge in [0.1, 0.15) is 11.7 Å². The summed E-state index contributed by atoms with van der Waals surface area (Å²) in [5.74, 6) is -0.837. The lowest BCUT2D eigenvalue weighted by Crippen LogP contribution is -2.51. The molecule has 1 aromatic heterocycles. The minimum absolute atomic E-state index is 0.0796. The molecular weight excluding hydrogens is 394 g/mol. The van der Waals surface area contributed by atoms with E-state index in [1.807, 2.05) is 41.9 Å². The smallest absolute Gasteiger partial charge is 0.308 e. The van der Waals surface area contributed by atoms with Gasteiger partial charge in [-0.15, -0.1) is 0 Å². The fraction of sp³-hybridized carbons (Fsp3) is 0.542. The monoisotopic (exact) mass is 427 g/mol. The summed E-state index contributed by atoms with van der Waals surface area (Å²) >= 11 is 0.